The number of aliphatic hydroxyl groups excluding tert-OH is 1. The molecule has 0 aromatic rings. The van der Waals surface area contributed by atoms with Crippen molar-refractivity contribution in [1.29, 1.82) is 0 Å². The molecule has 2 rings (SSSR count). The summed E-state index contributed by atoms with van der Waals surface area (Å²) in [4.78, 5) is 2.34. The lowest BCUT2D eigenvalue weighted by molar-refractivity contribution is 0.0480. The Morgan fingerprint density at radius 1 is 1.27 bits per heavy atom. The molecule has 2 N–H and O–H groups in total. The summed E-state index contributed by atoms with van der Waals surface area (Å²) in [5, 5.41) is 13.0. The highest BCUT2D eigenvalue weighted by atomic mass is 16.3. The smallest absolute Gasteiger partial charge is 0.0570 e. The quantitative estimate of drug-likeness (QED) is 0.492. The van der Waals surface area contributed by atoms with Gasteiger partial charge in [0.25, 0.3) is 0 Å². The molecule has 0 saturated carbocycles. The molecule has 0 radical (unpaired) electrons. The average Bonchev–Trinajstić information content (AvgIpc) is 1.82. The molecule has 0 aromatic carbocycles. The normalized spacial score (nSPS) is 45.8. The van der Waals surface area contributed by atoms with Crippen molar-refractivity contribution >= 4 is 0 Å². The molecule has 0 aliphatic carbocycles. The number of piperazine rings is 1. The summed E-state index contributed by atoms with van der Waals surface area (Å²) < 4.78 is 0. The van der Waals surface area contributed by atoms with Crippen molar-refractivity contribution < 1.29 is 5.11 Å². The van der Waals surface area contributed by atoms with Crippen molar-refractivity contribution in [2.75, 3.05) is 20.1 Å². The van der Waals surface area contributed by atoms with Crippen LogP contribution in [0.1, 0.15) is 12.8 Å². The van der Waals surface area contributed by atoms with Gasteiger partial charge in [-0.15, -0.1) is 0 Å². The summed E-state index contributed by atoms with van der Waals surface area (Å²) in [5.74, 6) is 0. The van der Waals surface area contributed by atoms with E-state index in [0.717, 1.165) is 25.9 Å². The van der Waals surface area contributed by atoms with Gasteiger partial charge in [0.05, 0.1) is 6.10 Å². The van der Waals surface area contributed by atoms with Gasteiger partial charge in [-0.2, -0.15) is 0 Å². The van der Waals surface area contributed by atoms with Crippen molar-refractivity contribution in [3.8, 4) is 0 Å². The molecule has 2 aliphatic heterocycles. The largest absolute Gasteiger partial charge is 0.393 e. The van der Waals surface area contributed by atoms with Crippen LogP contribution >= 0.6 is 0 Å². The molecule has 64 valence electrons. The number of nitrogens with zero attached hydrogens (tertiary/aromatic N) is 1. The predicted molar refractivity (Wildman–Crippen MR) is 43.4 cm³/mol. The molecular formula is C8H16N2O. The van der Waals surface area contributed by atoms with Crippen LogP contribution in [-0.2, 0) is 0 Å². The number of likely N-dealkylation sites (N-methyl/N-ethyl adjacent to an activating group) is 1. The maximum Gasteiger partial charge on any atom is 0.0570 e. The van der Waals surface area contributed by atoms with Gasteiger partial charge in [-0.1, -0.05) is 0 Å². The molecule has 0 amide bonds. The van der Waals surface area contributed by atoms with Crippen molar-refractivity contribution in [1.82, 2.24) is 10.2 Å². The second-order valence-corrected chi connectivity index (χ2v) is 3.91. The minimum Gasteiger partial charge on any atom is -0.393 e. The number of nitrogens with one attached hydrogen (secondary N) is 1. The first-order chi connectivity index (χ1) is 5.24. The van der Waals surface area contributed by atoms with Gasteiger partial charge < -0.3 is 15.3 Å². The highest BCUT2D eigenvalue weighted by Gasteiger charge is 2.32. The average molecular weight is 156 g/mol. The van der Waals surface area contributed by atoms with E-state index in [4.69, 9.17) is 0 Å². The molecule has 3 nitrogen and oxygen atoms in total. The second kappa shape index (κ2) is 2.73. The van der Waals surface area contributed by atoms with Crippen molar-refractivity contribution in [2.45, 2.75) is 31.0 Å². The van der Waals surface area contributed by atoms with Crippen molar-refractivity contribution in [3.05, 3.63) is 0 Å². The molecule has 2 fully saturated rings. The van der Waals surface area contributed by atoms with Crippen LogP contribution in [0.15, 0.2) is 0 Å². The van der Waals surface area contributed by atoms with Crippen molar-refractivity contribution in [2.24, 2.45) is 0 Å². The Morgan fingerprint density at radius 3 is 2.36 bits per heavy atom. The van der Waals surface area contributed by atoms with Gasteiger partial charge >= 0.3 is 0 Å². The summed E-state index contributed by atoms with van der Waals surface area (Å²) in [5.41, 5.74) is 0. The number of likely N-dealkylation sites (tertiary alicyclic amines) is 1. The molecule has 2 bridgehead atoms. The van der Waals surface area contributed by atoms with E-state index >= 15 is 0 Å². The van der Waals surface area contributed by atoms with E-state index in [9.17, 15) is 5.11 Å². The Morgan fingerprint density at radius 2 is 1.82 bits per heavy atom. The third-order valence-corrected chi connectivity index (χ3v) is 2.65. The molecule has 3 heteroatoms. The third-order valence-electron chi connectivity index (χ3n) is 2.65. The molecule has 2 atom stereocenters. The Kier molecular flexibility index (Phi) is 1.87. The zero-order chi connectivity index (χ0) is 7.84. The summed E-state index contributed by atoms with van der Waals surface area (Å²) in [7, 11) is 2.15. The molecule has 11 heavy (non-hydrogen) atoms. The summed E-state index contributed by atoms with van der Waals surface area (Å²) in [6.45, 7) is 2.18. The van der Waals surface area contributed by atoms with Crippen LogP contribution in [0.25, 0.3) is 0 Å². The molecular weight excluding hydrogens is 140 g/mol. The summed E-state index contributed by atoms with van der Waals surface area (Å²) in [6.07, 6.45) is 1.81. The molecule has 0 spiro atoms. The van der Waals surface area contributed by atoms with Crippen LogP contribution in [0.3, 0.4) is 0 Å². The van der Waals surface area contributed by atoms with Crippen LogP contribution < -0.4 is 5.32 Å². The fourth-order valence-corrected chi connectivity index (χ4v) is 2.30. The van der Waals surface area contributed by atoms with Gasteiger partial charge in [0.15, 0.2) is 0 Å². The van der Waals surface area contributed by atoms with Crippen LogP contribution in [0.5, 0.6) is 0 Å². The van der Waals surface area contributed by atoms with E-state index in [1.807, 2.05) is 0 Å². The Balaban J connectivity index is 2.00. The van der Waals surface area contributed by atoms with Gasteiger partial charge in [0, 0.05) is 25.2 Å². The first-order valence-electron chi connectivity index (χ1n) is 4.36. The zero-order valence-corrected chi connectivity index (χ0v) is 6.95. The summed E-state index contributed by atoms with van der Waals surface area (Å²) >= 11 is 0. The highest BCUT2D eigenvalue weighted by Crippen LogP contribution is 2.18. The maximum atomic E-state index is 9.44. The lowest BCUT2D eigenvalue weighted by Crippen LogP contribution is -2.60. The third kappa shape index (κ3) is 1.55. The fourth-order valence-electron chi connectivity index (χ4n) is 2.30. The SMILES string of the molecule is CN1C[C@@H]2CC(O)C[C@@H](C1)N2. The van der Waals surface area contributed by atoms with Crippen molar-refractivity contribution in [3.63, 3.8) is 0 Å². The van der Waals surface area contributed by atoms with E-state index < -0.39 is 0 Å². The van der Waals surface area contributed by atoms with Crippen LogP contribution in [-0.4, -0.2) is 48.3 Å². The second-order valence-electron chi connectivity index (χ2n) is 3.91. The number of piperidine rings is 1. The number of aliphatic hydroxyl groups is 1. The van der Waals surface area contributed by atoms with Gasteiger partial charge in [-0.3, -0.25) is 0 Å². The van der Waals surface area contributed by atoms with Gasteiger partial charge in [0.1, 0.15) is 0 Å². The molecule has 2 saturated heterocycles. The topological polar surface area (TPSA) is 35.5 Å². The van der Waals surface area contributed by atoms with Crippen LogP contribution in [0.2, 0.25) is 0 Å². The minimum atomic E-state index is -0.0556. The standard InChI is InChI=1S/C8H16N2O/c1-10-4-6-2-8(11)3-7(5-10)9-6/h6-9,11H,2-5H2,1H3/t6-,7-/m0/s1. The highest BCUT2D eigenvalue weighted by molar-refractivity contribution is 4.92. The zero-order valence-electron chi connectivity index (χ0n) is 6.95. The first-order valence-corrected chi connectivity index (χ1v) is 4.36. The van der Waals surface area contributed by atoms with E-state index in [0.29, 0.717) is 12.1 Å². The maximum absolute atomic E-state index is 9.44. The van der Waals surface area contributed by atoms with Gasteiger partial charge in [-0.25, -0.2) is 0 Å². The lowest BCUT2D eigenvalue weighted by Gasteiger charge is -2.42. The number of rotatable bonds is 0. The number of hydrogen-bond donors (Lipinski definition) is 2. The van der Waals surface area contributed by atoms with Crippen LogP contribution in [0, 0.1) is 0 Å². The van der Waals surface area contributed by atoms with E-state index in [1.54, 1.807) is 0 Å². The fraction of sp³-hybridized carbons (Fsp3) is 1.00. The Bertz CT molecular complexity index is 118. The van der Waals surface area contributed by atoms with E-state index in [-0.39, 0.29) is 6.10 Å². The Labute approximate surface area is 67.4 Å². The summed E-state index contributed by atoms with van der Waals surface area (Å²) in [6, 6.07) is 1.06. The van der Waals surface area contributed by atoms with Gasteiger partial charge in [0.2, 0.25) is 0 Å². The molecule has 2 heterocycles. The molecule has 0 unspecified atom stereocenters. The molecule has 0 aromatic heterocycles. The first kappa shape index (κ1) is 7.53. The van der Waals surface area contributed by atoms with Crippen LogP contribution in [0.4, 0.5) is 0 Å². The minimum absolute atomic E-state index is 0.0556. The lowest BCUT2D eigenvalue weighted by atomic mass is 9.92. The molecule has 2 aliphatic rings. The Hall–Kier alpha value is -0.120. The predicted octanol–water partition coefficient (Wildman–Crippen LogP) is -0.587. The monoisotopic (exact) mass is 156 g/mol. The van der Waals surface area contributed by atoms with Gasteiger partial charge in [-0.05, 0) is 19.9 Å². The number of fused-ring (bicyclic) bond motifs is 2. The number of hydrogen-bond acceptors (Lipinski definition) is 3. The van der Waals surface area contributed by atoms with E-state index in [2.05, 4.69) is 17.3 Å². The van der Waals surface area contributed by atoms with E-state index in [1.165, 1.54) is 0 Å².